The van der Waals surface area contributed by atoms with E-state index in [1.54, 1.807) is 15.8 Å². The van der Waals surface area contributed by atoms with Crippen molar-refractivity contribution in [3.8, 4) is 0 Å². The van der Waals surface area contributed by atoms with Gasteiger partial charge in [0.25, 0.3) is 5.91 Å². The van der Waals surface area contributed by atoms with Crippen LogP contribution in [-0.2, 0) is 20.1 Å². The number of carbonyl (C=O) groups excluding carboxylic acids is 1. The Bertz CT molecular complexity index is 873. The van der Waals surface area contributed by atoms with Gasteiger partial charge >= 0.3 is 0 Å². The summed E-state index contributed by atoms with van der Waals surface area (Å²) in [4.78, 5) is 16.8. The van der Waals surface area contributed by atoms with Gasteiger partial charge in [0.1, 0.15) is 17.3 Å². The molecule has 1 aliphatic rings. The molecule has 5 nitrogen and oxygen atoms in total. The van der Waals surface area contributed by atoms with E-state index in [2.05, 4.69) is 10.1 Å². The third kappa shape index (κ3) is 1.75. The molecular formula is C15H12F2N4O. The number of nitrogens with one attached hydrogen (secondary N) is 1. The fourth-order valence-corrected chi connectivity index (χ4v) is 2.87. The molecule has 112 valence electrons. The van der Waals surface area contributed by atoms with E-state index < -0.39 is 11.6 Å². The molecule has 0 saturated carbocycles. The number of benzene rings is 1. The molecule has 1 amide bonds. The van der Waals surface area contributed by atoms with Crippen LogP contribution in [0.15, 0.2) is 24.4 Å². The van der Waals surface area contributed by atoms with Crippen LogP contribution >= 0.6 is 0 Å². The Labute approximate surface area is 124 Å². The molecule has 22 heavy (non-hydrogen) atoms. The number of rotatable bonds is 1. The van der Waals surface area contributed by atoms with Crippen molar-refractivity contribution < 1.29 is 13.6 Å². The summed E-state index contributed by atoms with van der Waals surface area (Å²) >= 11 is 0. The summed E-state index contributed by atoms with van der Waals surface area (Å²) in [5, 5.41) is 4.22. The topological polar surface area (TPSA) is 53.9 Å². The summed E-state index contributed by atoms with van der Waals surface area (Å²) in [7, 11) is 1.82. The van der Waals surface area contributed by atoms with Crippen LogP contribution in [0.25, 0.3) is 10.9 Å². The quantitative estimate of drug-likeness (QED) is 0.750. The lowest BCUT2D eigenvalue weighted by Crippen LogP contribution is -2.26. The molecule has 1 N–H and O–H groups in total. The Hall–Kier alpha value is -2.70. The van der Waals surface area contributed by atoms with E-state index in [-0.39, 0.29) is 22.5 Å². The van der Waals surface area contributed by atoms with E-state index in [1.165, 1.54) is 6.07 Å². The van der Waals surface area contributed by atoms with Gasteiger partial charge in [-0.1, -0.05) is 0 Å². The zero-order valence-electron chi connectivity index (χ0n) is 11.7. The van der Waals surface area contributed by atoms with Gasteiger partial charge in [0.2, 0.25) is 0 Å². The van der Waals surface area contributed by atoms with E-state index in [1.807, 2.05) is 7.05 Å². The van der Waals surface area contributed by atoms with Crippen LogP contribution in [0.1, 0.15) is 21.7 Å². The standard InChI is InChI=1S/C15H12F2N4O/c1-20-13-7-21(6-8(13)5-18-20)15(22)12-4-9-10(16)2-3-11(17)14(9)19-12/h2-5,19H,6-7H2,1H3. The second kappa shape index (κ2) is 4.40. The van der Waals surface area contributed by atoms with Crippen LogP contribution in [0.4, 0.5) is 8.78 Å². The first-order chi connectivity index (χ1) is 10.5. The molecular weight excluding hydrogens is 290 g/mol. The summed E-state index contributed by atoms with van der Waals surface area (Å²) in [5.74, 6) is -1.42. The largest absolute Gasteiger partial charge is 0.348 e. The molecule has 0 bridgehead atoms. The molecule has 1 aromatic carbocycles. The number of aromatic nitrogens is 3. The molecule has 3 heterocycles. The highest BCUT2D eigenvalue weighted by Gasteiger charge is 2.28. The molecule has 0 fully saturated rings. The summed E-state index contributed by atoms with van der Waals surface area (Å²) in [6.07, 6.45) is 1.73. The Morgan fingerprint density at radius 2 is 2.05 bits per heavy atom. The van der Waals surface area contributed by atoms with Crippen molar-refractivity contribution in [3.05, 3.63) is 53.0 Å². The predicted molar refractivity (Wildman–Crippen MR) is 75.0 cm³/mol. The molecule has 0 atom stereocenters. The summed E-state index contributed by atoms with van der Waals surface area (Å²) in [6, 6.07) is 3.45. The lowest BCUT2D eigenvalue weighted by Gasteiger charge is -2.14. The first-order valence-corrected chi connectivity index (χ1v) is 6.80. The van der Waals surface area contributed by atoms with Gasteiger partial charge in [-0.3, -0.25) is 9.48 Å². The third-order valence-electron chi connectivity index (χ3n) is 4.06. The van der Waals surface area contributed by atoms with Crippen LogP contribution in [-0.4, -0.2) is 25.6 Å². The van der Waals surface area contributed by atoms with E-state index in [9.17, 15) is 13.6 Å². The highest BCUT2D eigenvalue weighted by molar-refractivity contribution is 5.98. The van der Waals surface area contributed by atoms with Crippen LogP contribution in [0.5, 0.6) is 0 Å². The lowest BCUT2D eigenvalue weighted by atomic mass is 10.2. The van der Waals surface area contributed by atoms with E-state index in [0.717, 1.165) is 23.4 Å². The number of aromatic amines is 1. The average molecular weight is 302 g/mol. The smallest absolute Gasteiger partial charge is 0.270 e. The molecule has 0 spiro atoms. The molecule has 2 aromatic heterocycles. The number of halogens is 2. The van der Waals surface area contributed by atoms with Crippen molar-refractivity contribution in [2.45, 2.75) is 13.1 Å². The number of hydrogen-bond donors (Lipinski definition) is 1. The minimum atomic E-state index is -0.579. The van der Waals surface area contributed by atoms with Gasteiger partial charge < -0.3 is 9.88 Å². The number of aryl methyl sites for hydroxylation is 1. The Morgan fingerprint density at radius 1 is 1.27 bits per heavy atom. The Balaban J connectivity index is 1.70. The monoisotopic (exact) mass is 302 g/mol. The molecule has 3 aromatic rings. The summed E-state index contributed by atoms with van der Waals surface area (Å²) < 4.78 is 29.1. The molecule has 0 radical (unpaired) electrons. The highest BCUT2D eigenvalue weighted by Crippen LogP contribution is 2.26. The molecule has 0 aliphatic carbocycles. The highest BCUT2D eigenvalue weighted by atomic mass is 19.1. The molecule has 0 saturated heterocycles. The maximum atomic E-state index is 13.7. The van der Waals surface area contributed by atoms with Gasteiger partial charge in [0.15, 0.2) is 0 Å². The minimum Gasteiger partial charge on any atom is -0.348 e. The number of fused-ring (bicyclic) bond motifs is 2. The Kier molecular flexibility index (Phi) is 2.60. The van der Waals surface area contributed by atoms with Crippen molar-refractivity contribution in [2.75, 3.05) is 0 Å². The Morgan fingerprint density at radius 3 is 2.77 bits per heavy atom. The van der Waals surface area contributed by atoms with Crippen molar-refractivity contribution in [2.24, 2.45) is 7.05 Å². The fraction of sp³-hybridized carbons (Fsp3) is 0.200. The van der Waals surface area contributed by atoms with E-state index >= 15 is 0 Å². The molecule has 0 unspecified atom stereocenters. The second-order valence-electron chi connectivity index (χ2n) is 5.40. The second-order valence-corrected chi connectivity index (χ2v) is 5.40. The van der Waals surface area contributed by atoms with Gasteiger partial charge in [0.05, 0.1) is 24.0 Å². The number of amides is 1. The van der Waals surface area contributed by atoms with Gasteiger partial charge in [-0.2, -0.15) is 5.10 Å². The van der Waals surface area contributed by atoms with Gasteiger partial charge in [-0.15, -0.1) is 0 Å². The third-order valence-corrected chi connectivity index (χ3v) is 4.06. The SMILES string of the molecule is Cn1ncc2c1CN(C(=O)c1cc3c(F)ccc(F)c3[nH]1)C2. The maximum Gasteiger partial charge on any atom is 0.270 e. The zero-order valence-corrected chi connectivity index (χ0v) is 11.7. The summed E-state index contributed by atoms with van der Waals surface area (Å²) in [5.41, 5.74) is 2.16. The van der Waals surface area contributed by atoms with Crippen molar-refractivity contribution in [1.82, 2.24) is 19.7 Å². The van der Waals surface area contributed by atoms with E-state index in [0.29, 0.717) is 13.1 Å². The number of H-pyrrole nitrogens is 1. The maximum absolute atomic E-state index is 13.7. The first-order valence-electron chi connectivity index (χ1n) is 6.80. The van der Waals surface area contributed by atoms with Crippen LogP contribution in [0.3, 0.4) is 0 Å². The molecule has 7 heteroatoms. The lowest BCUT2D eigenvalue weighted by molar-refractivity contribution is 0.0743. The molecule has 4 rings (SSSR count). The molecule has 1 aliphatic heterocycles. The zero-order chi connectivity index (χ0) is 15.4. The predicted octanol–water partition coefficient (Wildman–Crippen LogP) is 2.34. The number of nitrogens with zero attached hydrogens (tertiary/aromatic N) is 3. The first kappa shape index (κ1) is 13.0. The minimum absolute atomic E-state index is 0.0155. The normalized spacial score (nSPS) is 13.9. The number of carbonyl (C=O) groups is 1. The van der Waals surface area contributed by atoms with Gasteiger partial charge in [-0.25, -0.2) is 8.78 Å². The van der Waals surface area contributed by atoms with Crippen molar-refractivity contribution in [3.63, 3.8) is 0 Å². The van der Waals surface area contributed by atoms with Gasteiger partial charge in [0, 0.05) is 24.5 Å². The van der Waals surface area contributed by atoms with Crippen LogP contribution in [0, 0.1) is 11.6 Å². The van der Waals surface area contributed by atoms with Crippen molar-refractivity contribution >= 4 is 16.8 Å². The van der Waals surface area contributed by atoms with Crippen molar-refractivity contribution in [1.29, 1.82) is 0 Å². The van der Waals surface area contributed by atoms with Crippen LogP contribution < -0.4 is 0 Å². The van der Waals surface area contributed by atoms with Gasteiger partial charge in [-0.05, 0) is 18.2 Å². The van der Waals surface area contributed by atoms with E-state index in [4.69, 9.17) is 0 Å². The average Bonchev–Trinajstić information content (AvgIpc) is 3.18. The number of hydrogen-bond acceptors (Lipinski definition) is 2. The van der Waals surface area contributed by atoms with Crippen LogP contribution in [0.2, 0.25) is 0 Å². The fourth-order valence-electron chi connectivity index (χ4n) is 2.87. The summed E-state index contributed by atoms with van der Waals surface area (Å²) in [6.45, 7) is 0.882.